The maximum atomic E-state index is 12.5. The predicted octanol–water partition coefficient (Wildman–Crippen LogP) is 1.81. The number of para-hydroxylation sites is 1. The molecule has 8 heteroatoms. The highest BCUT2D eigenvalue weighted by Crippen LogP contribution is 2.28. The molecule has 0 aliphatic heterocycles. The smallest absolute Gasteiger partial charge is 0.248 e. The summed E-state index contributed by atoms with van der Waals surface area (Å²) >= 11 is 1.47. The first-order valence-corrected chi connectivity index (χ1v) is 7.48. The Morgan fingerprint density at radius 1 is 1.45 bits per heavy atom. The number of carbonyl (C=O) groups is 1. The number of rotatable bonds is 4. The van der Waals surface area contributed by atoms with E-state index in [1.165, 1.54) is 22.2 Å². The van der Waals surface area contributed by atoms with Gasteiger partial charge in [0.05, 0.1) is 10.2 Å². The molecule has 110 valence electrons. The Labute approximate surface area is 130 Å². The first-order chi connectivity index (χ1) is 10.7. The van der Waals surface area contributed by atoms with Crippen LogP contribution in [0.4, 0.5) is 5.13 Å². The van der Waals surface area contributed by atoms with Gasteiger partial charge in [0.2, 0.25) is 11.7 Å². The lowest BCUT2D eigenvalue weighted by atomic mass is 10.3. The average Bonchev–Trinajstić information content (AvgIpc) is 3.13. The molecule has 0 fully saturated rings. The zero-order valence-electron chi connectivity index (χ0n) is 11.8. The molecule has 2 aromatic heterocycles. The number of hydrogen-bond acceptors (Lipinski definition) is 6. The van der Waals surface area contributed by atoms with Gasteiger partial charge < -0.3 is 0 Å². The Balaban J connectivity index is 1.87. The minimum Gasteiger partial charge on any atom is -0.296 e. The third-order valence-corrected chi connectivity index (χ3v) is 4.21. The quantitative estimate of drug-likeness (QED) is 0.733. The molecule has 3 rings (SSSR count). The number of aromatic nitrogens is 4. The number of nitriles is 1. The van der Waals surface area contributed by atoms with Gasteiger partial charge in [-0.2, -0.15) is 5.26 Å². The van der Waals surface area contributed by atoms with E-state index >= 15 is 0 Å². The van der Waals surface area contributed by atoms with Crippen LogP contribution in [0.2, 0.25) is 0 Å². The predicted molar refractivity (Wildman–Crippen MR) is 82.4 cm³/mol. The number of hydrogen-bond donors (Lipinski definition) is 0. The van der Waals surface area contributed by atoms with Gasteiger partial charge in [-0.3, -0.25) is 14.3 Å². The highest BCUT2D eigenvalue weighted by molar-refractivity contribution is 7.22. The van der Waals surface area contributed by atoms with Crippen molar-refractivity contribution in [2.45, 2.75) is 13.5 Å². The molecule has 0 unspecified atom stereocenters. The Hall–Kier alpha value is -2.79. The highest BCUT2D eigenvalue weighted by Gasteiger charge is 2.19. The van der Waals surface area contributed by atoms with E-state index in [2.05, 4.69) is 15.2 Å². The van der Waals surface area contributed by atoms with Gasteiger partial charge >= 0.3 is 0 Å². The van der Waals surface area contributed by atoms with E-state index in [-0.39, 0.29) is 18.3 Å². The van der Waals surface area contributed by atoms with E-state index in [0.717, 1.165) is 10.2 Å². The fourth-order valence-corrected chi connectivity index (χ4v) is 3.13. The standard InChI is InChI=1S/C14H12N6OS/c1-2-20(13(21)8-19-9-16-18-12(19)7-15)14-17-10-5-3-4-6-11(10)22-14/h3-6,9H,2,8H2,1H3. The molecule has 7 nitrogen and oxygen atoms in total. The first-order valence-electron chi connectivity index (χ1n) is 6.66. The molecule has 3 aromatic rings. The van der Waals surface area contributed by atoms with Crippen LogP contribution in [0, 0.1) is 11.3 Å². The van der Waals surface area contributed by atoms with Gasteiger partial charge in [-0.15, -0.1) is 10.2 Å². The van der Waals surface area contributed by atoms with Gasteiger partial charge in [-0.25, -0.2) is 4.98 Å². The molecule has 0 spiro atoms. The fraction of sp³-hybridized carbons (Fsp3) is 0.214. The lowest BCUT2D eigenvalue weighted by Gasteiger charge is -2.17. The molecule has 0 radical (unpaired) electrons. The van der Waals surface area contributed by atoms with Crippen LogP contribution < -0.4 is 4.90 Å². The van der Waals surface area contributed by atoms with Crippen molar-refractivity contribution in [3.8, 4) is 6.07 Å². The highest BCUT2D eigenvalue weighted by atomic mass is 32.1. The SMILES string of the molecule is CCN(C(=O)Cn1cnnc1C#N)c1nc2ccccc2s1. The molecule has 0 aliphatic carbocycles. The summed E-state index contributed by atoms with van der Waals surface area (Å²) in [5.41, 5.74) is 0.871. The van der Waals surface area contributed by atoms with Crippen LogP contribution in [0.5, 0.6) is 0 Å². The molecule has 0 saturated heterocycles. The second-order valence-electron chi connectivity index (χ2n) is 4.50. The summed E-state index contributed by atoms with van der Waals surface area (Å²) in [6, 6.07) is 9.66. The maximum Gasteiger partial charge on any atom is 0.248 e. The molecule has 1 aromatic carbocycles. The number of benzene rings is 1. The molecule has 0 saturated carbocycles. The largest absolute Gasteiger partial charge is 0.296 e. The Morgan fingerprint density at radius 3 is 3.00 bits per heavy atom. The van der Waals surface area contributed by atoms with E-state index in [0.29, 0.717) is 11.7 Å². The van der Waals surface area contributed by atoms with Crippen molar-refractivity contribution < 1.29 is 4.79 Å². The number of anilines is 1. The van der Waals surface area contributed by atoms with Gasteiger partial charge in [0, 0.05) is 6.54 Å². The number of fused-ring (bicyclic) bond motifs is 1. The summed E-state index contributed by atoms with van der Waals surface area (Å²) in [6.07, 6.45) is 1.38. The second kappa shape index (κ2) is 5.91. The zero-order valence-corrected chi connectivity index (χ0v) is 12.6. The average molecular weight is 312 g/mol. The normalized spacial score (nSPS) is 10.5. The van der Waals surface area contributed by atoms with Crippen LogP contribution in [0.25, 0.3) is 10.2 Å². The molecule has 0 aliphatic rings. The monoisotopic (exact) mass is 312 g/mol. The zero-order chi connectivity index (χ0) is 15.5. The Kier molecular flexibility index (Phi) is 3.80. The van der Waals surface area contributed by atoms with Crippen LogP contribution in [0.1, 0.15) is 12.7 Å². The van der Waals surface area contributed by atoms with Gasteiger partial charge in [-0.05, 0) is 19.1 Å². The van der Waals surface area contributed by atoms with Crippen molar-refractivity contribution in [2.24, 2.45) is 0 Å². The summed E-state index contributed by atoms with van der Waals surface area (Å²) in [5, 5.41) is 16.9. The maximum absolute atomic E-state index is 12.5. The molecule has 1 amide bonds. The molecule has 2 heterocycles. The first kappa shape index (κ1) is 14.2. The van der Waals surface area contributed by atoms with Gasteiger partial charge in [0.25, 0.3) is 0 Å². The van der Waals surface area contributed by atoms with Crippen molar-refractivity contribution >= 4 is 32.6 Å². The van der Waals surface area contributed by atoms with Crippen molar-refractivity contribution in [3.63, 3.8) is 0 Å². The molecular formula is C14H12N6OS. The van der Waals surface area contributed by atoms with Gasteiger partial charge in [0.1, 0.15) is 18.9 Å². The minimum absolute atomic E-state index is 0.0136. The fourth-order valence-electron chi connectivity index (χ4n) is 2.08. The Bertz CT molecular complexity index is 828. The number of nitrogens with zero attached hydrogens (tertiary/aromatic N) is 6. The van der Waals surface area contributed by atoms with E-state index < -0.39 is 0 Å². The molecule has 22 heavy (non-hydrogen) atoms. The van der Waals surface area contributed by atoms with Crippen LogP contribution in [-0.4, -0.2) is 32.2 Å². The number of thiazole rings is 1. The third-order valence-electron chi connectivity index (χ3n) is 3.15. The second-order valence-corrected chi connectivity index (χ2v) is 5.51. The molecular weight excluding hydrogens is 300 g/mol. The third kappa shape index (κ3) is 2.54. The molecule has 0 N–H and O–H groups in total. The van der Waals surface area contributed by atoms with E-state index in [1.807, 2.05) is 37.3 Å². The summed E-state index contributed by atoms with van der Waals surface area (Å²) < 4.78 is 2.46. The van der Waals surface area contributed by atoms with Crippen molar-refractivity contribution in [2.75, 3.05) is 11.4 Å². The van der Waals surface area contributed by atoms with E-state index in [4.69, 9.17) is 5.26 Å². The van der Waals surface area contributed by atoms with Crippen LogP contribution in [0.15, 0.2) is 30.6 Å². The van der Waals surface area contributed by atoms with Crippen LogP contribution in [0.3, 0.4) is 0 Å². The van der Waals surface area contributed by atoms with E-state index in [9.17, 15) is 4.79 Å². The van der Waals surface area contributed by atoms with Crippen molar-refractivity contribution in [1.82, 2.24) is 19.7 Å². The summed E-state index contributed by atoms with van der Waals surface area (Å²) in [6.45, 7) is 2.41. The van der Waals surface area contributed by atoms with Crippen molar-refractivity contribution in [1.29, 1.82) is 5.26 Å². The Morgan fingerprint density at radius 2 is 2.27 bits per heavy atom. The lowest BCUT2D eigenvalue weighted by molar-refractivity contribution is -0.119. The summed E-state index contributed by atoms with van der Waals surface area (Å²) in [7, 11) is 0. The summed E-state index contributed by atoms with van der Waals surface area (Å²) in [5.74, 6) is -0.0356. The van der Waals surface area contributed by atoms with Crippen LogP contribution >= 0.6 is 11.3 Å². The lowest BCUT2D eigenvalue weighted by Crippen LogP contribution is -2.33. The van der Waals surface area contributed by atoms with Gasteiger partial charge in [0.15, 0.2) is 5.13 Å². The molecule has 0 atom stereocenters. The summed E-state index contributed by atoms with van der Waals surface area (Å²) in [4.78, 5) is 18.6. The molecule has 0 bridgehead atoms. The number of likely N-dealkylation sites (N-methyl/N-ethyl adjacent to an activating group) is 1. The van der Waals surface area contributed by atoms with Crippen molar-refractivity contribution in [3.05, 3.63) is 36.4 Å². The topological polar surface area (TPSA) is 87.7 Å². The minimum atomic E-state index is -0.155. The number of carbonyl (C=O) groups excluding carboxylic acids is 1. The van der Waals surface area contributed by atoms with E-state index in [1.54, 1.807) is 4.90 Å². The van der Waals surface area contributed by atoms with Gasteiger partial charge in [-0.1, -0.05) is 23.5 Å². The number of amides is 1. The van der Waals surface area contributed by atoms with Crippen LogP contribution in [-0.2, 0) is 11.3 Å².